The summed E-state index contributed by atoms with van der Waals surface area (Å²) >= 11 is 0. The highest BCUT2D eigenvalue weighted by Gasteiger charge is 2.47. The first-order valence-corrected chi connectivity index (χ1v) is 26.6. The van der Waals surface area contributed by atoms with Crippen molar-refractivity contribution in [1.29, 1.82) is 0 Å². The lowest BCUT2D eigenvalue weighted by Crippen LogP contribution is -2.61. The van der Waals surface area contributed by atoms with Crippen LogP contribution in [0.5, 0.6) is 0 Å². The molecular formula is C53H96O14. The van der Waals surface area contributed by atoms with Crippen molar-refractivity contribution >= 4 is 5.97 Å². The third-order valence-corrected chi connectivity index (χ3v) is 12.6. The topological polar surface area (TPSA) is 214 Å². The number of rotatable bonds is 42. The quantitative estimate of drug-likeness (QED) is 0.0175. The molecule has 2 saturated heterocycles. The van der Waals surface area contributed by atoms with Crippen LogP contribution in [0.2, 0.25) is 0 Å². The molecule has 0 amide bonds. The molecule has 14 heteroatoms. The maximum Gasteiger partial charge on any atom is 0.306 e. The lowest BCUT2D eigenvalue weighted by atomic mass is 9.98. The van der Waals surface area contributed by atoms with Gasteiger partial charge in [-0.3, -0.25) is 4.79 Å². The van der Waals surface area contributed by atoms with Crippen LogP contribution in [0.4, 0.5) is 0 Å². The number of aliphatic hydroxyl groups is 7. The molecule has 0 aliphatic carbocycles. The lowest BCUT2D eigenvalue weighted by molar-refractivity contribution is -0.332. The van der Waals surface area contributed by atoms with Crippen molar-refractivity contribution in [3.05, 3.63) is 36.5 Å². The molecular weight excluding hydrogens is 861 g/mol. The van der Waals surface area contributed by atoms with E-state index in [1.54, 1.807) is 0 Å². The second-order valence-corrected chi connectivity index (χ2v) is 18.7. The highest BCUT2D eigenvalue weighted by atomic mass is 16.7. The summed E-state index contributed by atoms with van der Waals surface area (Å²) < 4.78 is 34.3. The van der Waals surface area contributed by atoms with Crippen LogP contribution in [0.25, 0.3) is 0 Å². The molecule has 14 nitrogen and oxygen atoms in total. The molecule has 0 aromatic heterocycles. The molecule has 11 unspecified atom stereocenters. The summed E-state index contributed by atoms with van der Waals surface area (Å²) in [6, 6.07) is 0. The molecule has 7 N–H and O–H groups in total. The number of hydrogen-bond acceptors (Lipinski definition) is 14. The average Bonchev–Trinajstić information content (AvgIpc) is 3.32. The minimum atomic E-state index is -1.71. The first-order chi connectivity index (χ1) is 32.6. The predicted molar refractivity (Wildman–Crippen MR) is 261 cm³/mol. The third-order valence-electron chi connectivity index (χ3n) is 12.6. The van der Waals surface area contributed by atoms with Gasteiger partial charge in [-0.25, -0.2) is 0 Å². The van der Waals surface area contributed by atoms with Gasteiger partial charge < -0.3 is 64.2 Å². The van der Waals surface area contributed by atoms with Gasteiger partial charge in [-0.1, -0.05) is 153 Å². The SMILES string of the molecule is CCCCC/C=C\C/C=C\CCCCCCCCCCOCC(COC1OC(COC2OC(CO)C(O)C(O)C2O)C(O)C(O)C1O)OC(=O)CCCCCCC/C=C\CCCCCCCC. The maximum absolute atomic E-state index is 13.0. The Labute approximate surface area is 404 Å². The third kappa shape index (κ3) is 28.6. The second-order valence-electron chi connectivity index (χ2n) is 18.7. The number of esters is 1. The zero-order valence-electron chi connectivity index (χ0n) is 41.6. The first kappa shape index (κ1) is 61.3. The summed E-state index contributed by atoms with van der Waals surface area (Å²) in [5, 5.41) is 72.2. The Bertz CT molecular complexity index is 1250. The van der Waals surface area contributed by atoms with Crippen LogP contribution in [0, 0.1) is 0 Å². The van der Waals surface area contributed by atoms with Crippen LogP contribution in [0.3, 0.4) is 0 Å². The Hall–Kier alpha value is -1.79. The largest absolute Gasteiger partial charge is 0.457 e. The molecule has 67 heavy (non-hydrogen) atoms. The summed E-state index contributed by atoms with van der Waals surface area (Å²) in [6.07, 6.45) is 29.1. The lowest BCUT2D eigenvalue weighted by Gasteiger charge is -2.42. The highest BCUT2D eigenvalue weighted by molar-refractivity contribution is 5.69. The van der Waals surface area contributed by atoms with Gasteiger partial charge in [0.1, 0.15) is 54.9 Å². The molecule has 0 saturated carbocycles. The Morgan fingerprint density at radius 1 is 0.493 bits per heavy atom. The molecule has 2 fully saturated rings. The summed E-state index contributed by atoms with van der Waals surface area (Å²) in [7, 11) is 0. The standard InChI is InChI=1S/C53H96O14/c1-3-5-7-9-11-13-15-17-19-20-21-23-25-27-29-31-33-35-37-62-39-42(65-45(55)36-34-32-30-28-26-24-22-18-16-14-12-10-8-6-4-2)40-63-52-51(61)49(59)47(57)44(67-52)41-64-53-50(60)48(58)46(56)43(38-54)66-53/h11,13,17-19,22,42-44,46-54,56-61H,3-10,12,14-16,20-21,23-41H2,1-2H3/b13-11-,19-17-,22-18-. The van der Waals surface area contributed by atoms with Crippen LogP contribution in [0.1, 0.15) is 194 Å². The van der Waals surface area contributed by atoms with Crippen LogP contribution in [-0.4, -0.2) is 142 Å². The van der Waals surface area contributed by atoms with Crippen molar-refractivity contribution in [3.63, 3.8) is 0 Å². The van der Waals surface area contributed by atoms with E-state index < -0.39 is 80.7 Å². The molecule has 0 aromatic rings. The van der Waals surface area contributed by atoms with Gasteiger partial charge >= 0.3 is 5.97 Å². The van der Waals surface area contributed by atoms with Crippen molar-refractivity contribution in [2.75, 3.05) is 33.0 Å². The normalized spacial score (nSPS) is 26.3. The van der Waals surface area contributed by atoms with E-state index in [0.717, 1.165) is 70.6 Å². The van der Waals surface area contributed by atoms with Gasteiger partial charge in [0.05, 0.1) is 26.4 Å². The summed E-state index contributed by atoms with van der Waals surface area (Å²) in [5.74, 6) is -0.387. The Kier molecular flexibility index (Phi) is 37.4. The summed E-state index contributed by atoms with van der Waals surface area (Å²) in [5.41, 5.74) is 0. The second kappa shape index (κ2) is 40.9. The van der Waals surface area contributed by atoms with Gasteiger partial charge in [-0.2, -0.15) is 0 Å². The molecule has 2 aliphatic heterocycles. The van der Waals surface area contributed by atoms with Crippen molar-refractivity contribution in [2.45, 2.75) is 261 Å². The molecule has 2 heterocycles. The van der Waals surface area contributed by atoms with Gasteiger partial charge in [0.25, 0.3) is 0 Å². The zero-order chi connectivity index (χ0) is 48.7. The molecule has 11 atom stereocenters. The minimum absolute atomic E-state index is 0.0550. The highest BCUT2D eigenvalue weighted by Crippen LogP contribution is 2.26. The van der Waals surface area contributed by atoms with E-state index in [1.807, 2.05) is 0 Å². The van der Waals surface area contributed by atoms with Gasteiger partial charge in [0.2, 0.25) is 0 Å². The van der Waals surface area contributed by atoms with E-state index in [9.17, 15) is 40.5 Å². The fourth-order valence-electron chi connectivity index (χ4n) is 8.25. The fourth-order valence-corrected chi connectivity index (χ4v) is 8.25. The van der Waals surface area contributed by atoms with Crippen LogP contribution in [-0.2, 0) is 33.2 Å². The van der Waals surface area contributed by atoms with E-state index in [0.29, 0.717) is 13.0 Å². The molecule has 2 rings (SSSR count). The van der Waals surface area contributed by atoms with Crippen molar-refractivity contribution in [1.82, 2.24) is 0 Å². The van der Waals surface area contributed by atoms with E-state index >= 15 is 0 Å². The Morgan fingerprint density at radius 3 is 1.48 bits per heavy atom. The number of hydrogen-bond donors (Lipinski definition) is 7. The Morgan fingerprint density at radius 2 is 0.925 bits per heavy atom. The summed E-state index contributed by atoms with van der Waals surface area (Å²) in [4.78, 5) is 13.0. The van der Waals surface area contributed by atoms with Crippen molar-refractivity contribution in [3.8, 4) is 0 Å². The molecule has 0 bridgehead atoms. The molecule has 0 radical (unpaired) electrons. The van der Waals surface area contributed by atoms with Crippen LogP contribution >= 0.6 is 0 Å². The average molecular weight is 957 g/mol. The van der Waals surface area contributed by atoms with Crippen molar-refractivity contribution < 1.29 is 69.0 Å². The first-order valence-electron chi connectivity index (χ1n) is 26.6. The Balaban J connectivity index is 1.76. The van der Waals surface area contributed by atoms with Crippen molar-refractivity contribution in [2.24, 2.45) is 0 Å². The van der Waals surface area contributed by atoms with Crippen LogP contribution < -0.4 is 0 Å². The van der Waals surface area contributed by atoms with E-state index in [1.165, 1.54) is 96.3 Å². The van der Waals surface area contributed by atoms with Gasteiger partial charge in [-0.15, -0.1) is 0 Å². The molecule has 0 aromatic carbocycles. The van der Waals surface area contributed by atoms with Gasteiger partial charge in [0, 0.05) is 13.0 Å². The van der Waals surface area contributed by atoms with Gasteiger partial charge in [-0.05, 0) is 70.6 Å². The maximum atomic E-state index is 13.0. The van der Waals surface area contributed by atoms with Crippen LogP contribution in [0.15, 0.2) is 36.5 Å². The number of carbonyl (C=O) groups excluding carboxylic acids is 1. The van der Waals surface area contributed by atoms with Gasteiger partial charge in [0.15, 0.2) is 12.6 Å². The number of carbonyl (C=O) groups is 1. The number of allylic oxidation sites excluding steroid dienone is 6. The fraction of sp³-hybridized carbons (Fsp3) is 0.868. The predicted octanol–water partition coefficient (Wildman–Crippen LogP) is 8.19. The van der Waals surface area contributed by atoms with E-state index in [-0.39, 0.29) is 25.6 Å². The summed E-state index contributed by atoms with van der Waals surface area (Å²) in [6.45, 7) is 3.64. The minimum Gasteiger partial charge on any atom is -0.457 e. The molecule has 0 spiro atoms. The smallest absolute Gasteiger partial charge is 0.306 e. The monoisotopic (exact) mass is 957 g/mol. The van der Waals surface area contributed by atoms with E-state index in [4.69, 9.17) is 28.4 Å². The number of unbranched alkanes of at least 4 members (excludes halogenated alkanes) is 22. The number of aliphatic hydroxyl groups excluding tert-OH is 7. The number of ether oxygens (including phenoxy) is 6. The van der Waals surface area contributed by atoms with E-state index in [2.05, 4.69) is 50.3 Å². The molecule has 2 aliphatic rings. The molecule has 392 valence electrons. The zero-order valence-corrected chi connectivity index (χ0v) is 41.6.